The number of aromatic nitrogens is 1. The summed E-state index contributed by atoms with van der Waals surface area (Å²) in [5, 5.41) is 0. The van der Waals surface area contributed by atoms with Gasteiger partial charge < -0.3 is 14.5 Å². The summed E-state index contributed by atoms with van der Waals surface area (Å²) in [5.74, 6) is 1.29. The van der Waals surface area contributed by atoms with E-state index in [2.05, 4.69) is 11.9 Å². The van der Waals surface area contributed by atoms with E-state index in [-0.39, 0.29) is 11.3 Å². The second-order valence-corrected chi connectivity index (χ2v) is 8.38. The lowest BCUT2D eigenvalue weighted by Gasteiger charge is -2.12. The van der Waals surface area contributed by atoms with Crippen LogP contribution in [0.2, 0.25) is 0 Å². The van der Waals surface area contributed by atoms with E-state index in [1.54, 1.807) is 13.2 Å². The number of Topliss-reactive ketones (excluding diaryl/α,β-unsaturated/α-hetero) is 1. The van der Waals surface area contributed by atoms with Crippen molar-refractivity contribution < 1.29 is 14.3 Å². The highest BCUT2D eigenvalue weighted by Gasteiger charge is 2.18. The van der Waals surface area contributed by atoms with Crippen LogP contribution in [0.4, 0.5) is 0 Å². The Morgan fingerprint density at radius 3 is 2.63 bits per heavy atom. The summed E-state index contributed by atoms with van der Waals surface area (Å²) >= 11 is 1.26. The third-order valence-corrected chi connectivity index (χ3v) is 4.89. The van der Waals surface area contributed by atoms with Gasteiger partial charge in [0, 0.05) is 11.5 Å². The number of benzene rings is 1. The van der Waals surface area contributed by atoms with Gasteiger partial charge in [-0.05, 0) is 30.2 Å². The van der Waals surface area contributed by atoms with Gasteiger partial charge in [0.2, 0.25) is 0 Å². The maximum atomic E-state index is 12.2. The minimum absolute atomic E-state index is 0.0254. The third-order valence-electron chi connectivity index (χ3n) is 3.92. The Hall–Kier alpha value is -2.34. The van der Waals surface area contributed by atoms with E-state index in [9.17, 15) is 9.59 Å². The molecule has 1 N–H and O–H groups in total. The van der Waals surface area contributed by atoms with Crippen molar-refractivity contribution in [1.29, 1.82) is 0 Å². The average Bonchev–Trinajstić information content (AvgIpc) is 2.93. The number of H-pyrrole nitrogens is 1. The maximum Gasteiger partial charge on any atom is 0.266 e. The van der Waals surface area contributed by atoms with Crippen molar-refractivity contribution in [2.75, 3.05) is 13.7 Å². The molecular weight excluding hydrogens is 362 g/mol. The van der Waals surface area contributed by atoms with Crippen LogP contribution in [0.25, 0.3) is 12.2 Å². The number of ketones is 1. The highest BCUT2D eigenvalue weighted by molar-refractivity contribution is 7.07. The van der Waals surface area contributed by atoms with Gasteiger partial charge in [-0.2, -0.15) is 0 Å². The summed E-state index contributed by atoms with van der Waals surface area (Å²) in [6.07, 6.45) is 5.29. The van der Waals surface area contributed by atoms with Gasteiger partial charge in [0.1, 0.15) is 0 Å². The lowest BCUT2D eigenvalue weighted by atomic mass is 9.91. The first-order valence-corrected chi connectivity index (χ1v) is 9.84. The van der Waals surface area contributed by atoms with Crippen LogP contribution < -0.4 is 24.2 Å². The molecule has 0 fully saturated rings. The highest BCUT2D eigenvalue weighted by atomic mass is 32.1. The number of nitrogens with one attached hydrogen (secondary N) is 1. The fraction of sp³-hybridized carbons (Fsp3) is 0.429. The molecule has 6 heteroatoms. The molecule has 0 saturated heterocycles. The second-order valence-electron chi connectivity index (χ2n) is 7.30. The number of carbonyl (C=O) groups is 1. The predicted octanol–water partition coefficient (Wildman–Crippen LogP) is 2.85. The molecule has 0 radical (unpaired) electrons. The van der Waals surface area contributed by atoms with Gasteiger partial charge in [-0.1, -0.05) is 40.2 Å². The lowest BCUT2D eigenvalue weighted by molar-refractivity contribution is -0.119. The van der Waals surface area contributed by atoms with Crippen LogP contribution in [0.15, 0.2) is 23.0 Å². The van der Waals surface area contributed by atoms with Gasteiger partial charge in [-0.3, -0.25) is 9.59 Å². The second kappa shape index (κ2) is 9.04. The molecule has 27 heavy (non-hydrogen) atoms. The Kier molecular flexibility index (Phi) is 7.02. The highest BCUT2D eigenvalue weighted by Crippen LogP contribution is 2.28. The van der Waals surface area contributed by atoms with Gasteiger partial charge >= 0.3 is 0 Å². The predicted molar refractivity (Wildman–Crippen MR) is 110 cm³/mol. The molecule has 0 unspecified atom stereocenters. The van der Waals surface area contributed by atoms with Crippen LogP contribution >= 0.6 is 11.3 Å². The number of hydrogen-bond acceptors (Lipinski definition) is 5. The number of carbonyl (C=O) groups excluding carboxylic acids is 1. The zero-order valence-electron chi connectivity index (χ0n) is 16.5. The summed E-state index contributed by atoms with van der Waals surface area (Å²) in [4.78, 5) is 27.1. The number of thiazole rings is 1. The molecular formula is C21H27NO4S. The third kappa shape index (κ3) is 5.82. The molecule has 2 aromatic rings. The van der Waals surface area contributed by atoms with Crippen molar-refractivity contribution in [3.8, 4) is 11.5 Å². The van der Waals surface area contributed by atoms with Crippen LogP contribution in [0.5, 0.6) is 11.5 Å². The Morgan fingerprint density at radius 1 is 1.26 bits per heavy atom. The van der Waals surface area contributed by atoms with Crippen molar-refractivity contribution in [2.45, 2.75) is 40.5 Å². The molecule has 1 aromatic heterocycles. The van der Waals surface area contributed by atoms with Crippen LogP contribution in [0.3, 0.4) is 0 Å². The summed E-state index contributed by atoms with van der Waals surface area (Å²) in [6.45, 7) is 8.27. The number of ether oxygens (including phenoxy) is 2. The first-order chi connectivity index (χ1) is 12.7. The Morgan fingerprint density at radius 2 is 2.00 bits per heavy atom. The van der Waals surface area contributed by atoms with Crippen molar-refractivity contribution >= 4 is 29.3 Å². The lowest BCUT2D eigenvalue weighted by Crippen LogP contribution is -2.22. The van der Waals surface area contributed by atoms with Crippen molar-refractivity contribution in [3.63, 3.8) is 0 Å². The van der Waals surface area contributed by atoms with Crippen LogP contribution in [-0.4, -0.2) is 24.5 Å². The number of unbranched alkanes of at least 4 members (excludes halogenated alkanes) is 1. The van der Waals surface area contributed by atoms with Gasteiger partial charge in [0.05, 0.1) is 22.9 Å². The molecule has 0 amide bonds. The molecule has 5 nitrogen and oxygen atoms in total. The van der Waals surface area contributed by atoms with Gasteiger partial charge in [0.15, 0.2) is 17.3 Å². The summed E-state index contributed by atoms with van der Waals surface area (Å²) in [5.41, 5.74) is 0.145. The Labute approximate surface area is 163 Å². The van der Waals surface area contributed by atoms with E-state index in [1.165, 1.54) is 17.4 Å². The van der Waals surface area contributed by atoms with E-state index in [1.807, 2.05) is 39.0 Å². The first-order valence-electron chi connectivity index (χ1n) is 9.02. The first kappa shape index (κ1) is 21.0. The van der Waals surface area contributed by atoms with E-state index >= 15 is 0 Å². The molecule has 1 aromatic carbocycles. The monoisotopic (exact) mass is 389 g/mol. The van der Waals surface area contributed by atoms with E-state index < -0.39 is 5.41 Å². The summed E-state index contributed by atoms with van der Waals surface area (Å²) in [7, 11) is 1.60. The molecule has 0 aliphatic heterocycles. The molecule has 0 bridgehead atoms. The quantitative estimate of drug-likeness (QED) is 0.740. The molecule has 0 atom stereocenters. The van der Waals surface area contributed by atoms with E-state index in [0.29, 0.717) is 27.3 Å². The van der Waals surface area contributed by atoms with Crippen molar-refractivity contribution in [1.82, 2.24) is 4.98 Å². The fourth-order valence-corrected chi connectivity index (χ4v) is 3.12. The number of hydrogen-bond donors (Lipinski definition) is 1. The molecule has 146 valence electrons. The molecule has 0 saturated carbocycles. The van der Waals surface area contributed by atoms with Gasteiger partial charge in [-0.15, -0.1) is 11.3 Å². The minimum atomic E-state index is -0.481. The maximum absolute atomic E-state index is 12.2. The number of aromatic amines is 1. The normalized spacial score (nSPS) is 13.1. The van der Waals surface area contributed by atoms with Gasteiger partial charge in [-0.25, -0.2) is 0 Å². The summed E-state index contributed by atoms with van der Waals surface area (Å²) < 4.78 is 12.2. The molecule has 2 rings (SSSR count). The summed E-state index contributed by atoms with van der Waals surface area (Å²) in [6, 6.07) is 5.55. The van der Waals surface area contributed by atoms with Crippen LogP contribution in [0, 0.1) is 5.41 Å². The van der Waals surface area contributed by atoms with E-state index in [0.717, 1.165) is 18.4 Å². The Bertz CT molecular complexity index is 963. The topological polar surface area (TPSA) is 68.4 Å². The van der Waals surface area contributed by atoms with E-state index in [4.69, 9.17) is 9.47 Å². The molecule has 0 aliphatic rings. The number of rotatable bonds is 7. The number of methoxy groups -OCH3 is 1. The smallest absolute Gasteiger partial charge is 0.266 e. The van der Waals surface area contributed by atoms with Crippen LogP contribution in [0.1, 0.15) is 46.1 Å². The zero-order chi connectivity index (χ0) is 20.0. The van der Waals surface area contributed by atoms with Crippen molar-refractivity contribution in [2.24, 2.45) is 5.41 Å². The average molecular weight is 390 g/mol. The minimum Gasteiger partial charge on any atom is -0.493 e. The Balaban J connectivity index is 2.39. The van der Waals surface area contributed by atoms with Gasteiger partial charge in [0.25, 0.3) is 5.56 Å². The van der Waals surface area contributed by atoms with Crippen LogP contribution in [-0.2, 0) is 4.79 Å². The SMILES string of the molecule is CCCCOc1cc(/C=c2\s/c(=C\C(=O)C(C)(C)C)[nH]c2=O)ccc1OC. The largest absolute Gasteiger partial charge is 0.493 e. The molecule has 0 spiro atoms. The standard InChI is InChI=1S/C21H27NO4S/c1-6-7-10-26-16-11-14(8-9-15(16)25-5)12-17-20(24)22-19(27-17)13-18(23)21(2,3)4/h8-9,11-13H,6-7,10H2,1-5H3,(H,22,24)/b17-12-,19-13-. The molecule has 1 heterocycles. The molecule has 0 aliphatic carbocycles. The van der Waals surface area contributed by atoms with Crippen molar-refractivity contribution in [3.05, 3.63) is 43.3 Å². The zero-order valence-corrected chi connectivity index (χ0v) is 17.4. The fourth-order valence-electron chi connectivity index (χ4n) is 2.23.